The predicted molar refractivity (Wildman–Crippen MR) is 80.9 cm³/mol. The van der Waals surface area contributed by atoms with E-state index < -0.39 is 0 Å². The molecular formula is C14H14N4O2S. The van der Waals surface area contributed by atoms with E-state index in [4.69, 9.17) is 16.6 Å². The predicted octanol–water partition coefficient (Wildman–Crippen LogP) is 1.58. The Balaban J connectivity index is 1.84. The Bertz CT molecular complexity index is 730. The number of nitrogens with zero attached hydrogens (tertiary/aromatic N) is 3. The molecule has 21 heavy (non-hydrogen) atoms. The zero-order chi connectivity index (χ0) is 15.0. The maximum Gasteiger partial charge on any atom is 0.276 e. The van der Waals surface area contributed by atoms with Gasteiger partial charge in [-0.2, -0.15) is 5.10 Å². The Morgan fingerprint density at radius 2 is 2.33 bits per heavy atom. The highest BCUT2D eigenvalue weighted by Gasteiger charge is 2.31. The summed E-state index contributed by atoms with van der Waals surface area (Å²) in [6.07, 6.45) is 5.05. The van der Waals surface area contributed by atoms with E-state index in [1.54, 1.807) is 29.3 Å². The van der Waals surface area contributed by atoms with Crippen molar-refractivity contribution in [3.05, 3.63) is 47.3 Å². The highest BCUT2D eigenvalue weighted by Crippen LogP contribution is 2.18. The van der Waals surface area contributed by atoms with Crippen molar-refractivity contribution in [2.45, 2.75) is 13.5 Å². The van der Waals surface area contributed by atoms with Gasteiger partial charge in [-0.15, -0.1) is 0 Å². The van der Waals surface area contributed by atoms with Gasteiger partial charge in [0, 0.05) is 18.3 Å². The van der Waals surface area contributed by atoms with Crippen LogP contribution in [0.1, 0.15) is 17.0 Å². The summed E-state index contributed by atoms with van der Waals surface area (Å²) in [5.41, 5.74) is 2.31. The van der Waals surface area contributed by atoms with E-state index in [9.17, 15) is 4.79 Å². The lowest BCUT2D eigenvalue weighted by Gasteiger charge is -2.11. The summed E-state index contributed by atoms with van der Waals surface area (Å²) in [6.45, 7) is 2.26. The topological polar surface area (TPSA) is 63.3 Å². The number of hydrogen-bond donors (Lipinski definition) is 1. The van der Waals surface area contributed by atoms with E-state index in [1.807, 2.05) is 20.0 Å². The number of carbonyl (C=O) groups is 1. The molecule has 0 radical (unpaired) electrons. The molecule has 108 valence electrons. The molecule has 0 aliphatic carbocycles. The SMILES string of the molecule is Cc1c(/C=C2/NC(=S)N(Cc3ccco3)C2=O)cnn1C. The molecule has 0 saturated carbocycles. The van der Waals surface area contributed by atoms with Crippen molar-refractivity contribution in [1.82, 2.24) is 20.0 Å². The number of hydrogen-bond acceptors (Lipinski definition) is 4. The van der Waals surface area contributed by atoms with Crippen molar-refractivity contribution in [2.75, 3.05) is 0 Å². The molecule has 0 unspecified atom stereocenters. The van der Waals surface area contributed by atoms with E-state index in [0.29, 0.717) is 23.1 Å². The maximum absolute atomic E-state index is 12.4. The first-order chi connectivity index (χ1) is 10.1. The largest absolute Gasteiger partial charge is 0.467 e. The Hall–Kier alpha value is -2.41. The maximum atomic E-state index is 12.4. The van der Waals surface area contributed by atoms with E-state index in [-0.39, 0.29) is 5.91 Å². The van der Waals surface area contributed by atoms with Crippen LogP contribution in [0.5, 0.6) is 0 Å². The van der Waals surface area contributed by atoms with Gasteiger partial charge in [-0.3, -0.25) is 14.4 Å². The second kappa shape index (κ2) is 5.17. The van der Waals surface area contributed by atoms with Gasteiger partial charge in [0.15, 0.2) is 5.11 Å². The molecule has 3 rings (SSSR count). The quantitative estimate of drug-likeness (QED) is 0.689. The Labute approximate surface area is 127 Å². The summed E-state index contributed by atoms with van der Waals surface area (Å²) in [7, 11) is 1.86. The zero-order valence-electron chi connectivity index (χ0n) is 11.7. The van der Waals surface area contributed by atoms with Crippen LogP contribution in [0.15, 0.2) is 34.7 Å². The van der Waals surface area contributed by atoms with Gasteiger partial charge in [-0.1, -0.05) is 0 Å². The van der Waals surface area contributed by atoms with Crippen LogP contribution in [0.25, 0.3) is 6.08 Å². The molecule has 1 N–H and O–H groups in total. The summed E-state index contributed by atoms with van der Waals surface area (Å²) in [5.74, 6) is 0.519. The van der Waals surface area contributed by atoms with Crippen LogP contribution >= 0.6 is 12.2 Å². The van der Waals surface area contributed by atoms with Crippen molar-refractivity contribution in [1.29, 1.82) is 0 Å². The molecule has 1 saturated heterocycles. The van der Waals surface area contributed by atoms with Gasteiger partial charge in [0.1, 0.15) is 11.5 Å². The number of amides is 1. The highest BCUT2D eigenvalue weighted by molar-refractivity contribution is 7.80. The fourth-order valence-corrected chi connectivity index (χ4v) is 2.34. The summed E-state index contributed by atoms with van der Waals surface area (Å²) < 4.78 is 7.01. The third-order valence-electron chi connectivity index (χ3n) is 3.43. The third kappa shape index (κ3) is 2.47. The number of aryl methyl sites for hydroxylation is 1. The van der Waals surface area contributed by atoms with Crippen LogP contribution in [-0.4, -0.2) is 25.7 Å². The summed E-state index contributed by atoms with van der Waals surface area (Å²) in [4.78, 5) is 13.9. The van der Waals surface area contributed by atoms with Gasteiger partial charge in [0.05, 0.1) is 19.0 Å². The standard InChI is InChI=1S/C14H14N4O2S/c1-9-10(7-15-17(9)2)6-12-13(19)18(14(21)16-12)8-11-4-3-5-20-11/h3-7H,8H2,1-2H3,(H,16,21)/b12-6+. The van der Waals surface area contributed by atoms with E-state index in [1.165, 1.54) is 4.90 Å². The molecule has 7 heteroatoms. The molecule has 2 aromatic rings. The molecule has 0 spiro atoms. The number of nitrogens with one attached hydrogen (secondary N) is 1. The average Bonchev–Trinajstić information content (AvgIpc) is 3.13. The van der Waals surface area contributed by atoms with Crippen molar-refractivity contribution in [3.63, 3.8) is 0 Å². The van der Waals surface area contributed by atoms with Crippen molar-refractivity contribution < 1.29 is 9.21 Å². The highest BCUT2D eigenvalue weighted by atomic mass is 32.1. The minimum absolute atomic E-state index is 0.167. The number of thiocarbonyl (C=S) groups is 1. The second-order valence-electron chi connectivity index (χ2n) is 4.77. The number of aromatic nitrogens is 2. The minimum Gasteiger partial charge on any atom is -0.467 e. The fraction of sp³-hybridized carbons (Fsp3) is 0.214. The monoisotopic (exact) mass is 302 g/mol. The summed E-state index contributed by atoms with van der Waals surface area (Å²) in [6, 6.07) is 3.59. The molecule has 2 aromatic heterocycles. The van der Waals surface area contributed by atoms with Gasteiger partial charge in [-0.05, 0) is 37.4 Å². The van der Waals surface area contributed by atoms with Crippen molar-refractivity contribution in [3.8, 4) is 0 Å². The first-order valence-corrected chi connectivity index (χ1v) is 6.82. The summed E-state index contributed by atoms with van der Waals surface area (Å²) in [5, 5.41) is 7.47. The second-order valence-corrected chi connectivity index (χ2v) is 5.15. The lowest BCUT2D eigenvalue weighted by atomic mass is 10.2. The number of rotatable bonds is 3. The molecule has 3 heterocycles. The van der Waals surface area contributed by atoms with E-state index >= 15 is 0 Å². The average molecular weight is 302 g/mol. The third-order valence-corrected chi connectivity index (χ3v) is 3.75. The number of furan rings is 1. The summed E-state index contributed by atoms with van der Waals surface area (Å²) >= 11 is 5.21. The smallest absolute Gasteiger partial charge is 0.276 e. The Morgan fingerprint density at radius 3 is 2.95 bits per heavy atom. The molecule has 0 bridgehead atoms. The molecule has 0 aromatic carbocycles. The number of carbonyl (C=O) groups excluding carboxylic acids is 1. The first-order valence-electron chi connectivity index (χ1n) is 6.42. The lowest BCUT2D eigenvalue weighted by molar-refractivity contribution is -0.122. The van der Waals surface area contributed by atoms with Gasteiger partial charge >= 0.3 is 0 Å². The Kier molecular flexibility index (Phi) is 3.34. The molecule has 1 aliphatic rings. The van der Waals surface area contributed by atoms with Crippen LogP contribution in [0, 0.1) is 6.92 Å². The van der Waals surface area contributed by atoms with Gasteiger partial charge in [0.2, 0.25) is 0 Å². The Morgan fingerprint density at radius 1 is 1.52 bits per heavy atom. The van der Waals surface area contributed by atoms with Crippen molar-refractivity contribution >= 4 is 29.3 Å². The molecule has 0 atom stereocenters. The van der Waals surface area contributed by atoms with E-state index in [2.05, 4.69) is 10.4 Å². The van der Waals surface area contributed by atoms with Crippen LogP contribution in [0.4, 0.5) is 0 Å². The van der Waals surface area contributed by atoms with Crippen LogP contribution in [0.2, 0.25) is 0 Å². The molecule has 1 amide bonds. The first kappa shape index (κ1) is 13.6. The molecule has 1 fully saturated rings. The molecule has 6 nitrogen and oxygen atoms in total. The van der Waals surface area contributed by atoms with Gasteiger partial charge in [-0.25, -0.2) is 0 Å². The molecular weight excluding hydrogens is 288 g/mol. The molecule has 1 aliphatic heterocycles. The van der Waals surface area contributed by atoms with Crippen molar-refractivity contribution in [2.24, 2.45) is 7.05 Å². The fourth-order valence-electron chi connectivity index (χ4n) is 2.09. The normalized spacial score (nSPS) is 16.9. The van der Waals surface area contributed by atoms with E-state index in [0.717, 1.165) is 11.3 Å². The van der Waals surface area contributed by atoms with Crippen LogP contribution < -0.4 is 5.32 Å². The van der Waals surface area contributed by atoms with Crippen LogP contribution in [-0.2, 0) is 18.4 Å². The van der Waals surface area contributed by atoms with Crippen LogP contribution in [0.3, 0.4) is 0 Å². The lowest BCUT2D eigenvalue weighted by Crippen LogP contribution is -2.29. The zero-order valence-corrected chi connectivity index (χ0v) is 12.5. The van der Waals surface area contributed by atoms with Gasteiger partial charge in [0.25, 0.3) is 5.91 Å². The van der Waals surface area contributed by atoms with Gasteiger partial charge < -0.3 is 9.73 Å². The minimum atomic E-state index is -0.167.